The van der Waals surface area contributed by atoms with Gasteiger partial charge in [0.05, 0.1) is 0 Å². The van der Waals surface area contributed by atoms with Crippen molar-refractivity contribution in [1.82, 2.24) is 0 Å². The van der Waals surface area contributed by atoms with E-state index in [1.54, 1.807) is 39.8 Å². The number of carbonyl (C=O) groups excluding carboxylic acids is 2. The summed E-state index contributed by atoms with van der Waals surface area (Å²) in [6.07, 6.45) is 3.14. The van der Waals surface area contributed by atoms with E-state index in [4.69, 9.17) is 18.9 Å². The second kappa shape index (κ2) is 11.3. The zero-order valence-corrected chi connectivity index (χ0v) is 21.6. The fourth-order valence-electron chi connectivity index (χ4n) is 3.12. The van der Waals surface area contributed by atoms with Gasteiger partial charge in [0.15, 0.2) is 13.2 Å². The number of benzene rings is 2. The second-order valence-electron chi connectivity index (χ2n) is 9.81. The zero-order valence-electron chi connectivity index (χ0n) is 21.6. The molecule has 0 aliphatic rings. The van der Waals surface area contributed by atoms with Crippen LogP contribution in [0.15, 0.2) is 73.8 Å². The van der Waals surface area contributed by atoms with E-state index in [2.05, 4.69) is 27.0 Å². The van der Waals surface area contributed by atoms with Crippen LogP contribution in [-0.4, -0.2) is 36.4 Å². The molecule has 2 aromatic rings. The van der Waals surface area contributed by atoms with Crippen LogP contribution in [-0.2, 0) is 24.5 Å². The van der Waals surface area contributed by atoms with Crippen LogP contribution < -0.4 is 9.47 Å². The van der Waals surface area contributed by atoms with Gasteiger partial charge in [0.25, 0.3) is 0 Å². The summed E-state index contributed by atoms with van der Waals surface area (Å²) < 4.78 is 21.7. The Kier molecular flexibility index (Phi) is 8.91. The van der Waals surface area contributed by atoms with Crippen molar-refractivity contribution >= 4 is 11.9 Å². The van der Waals surface area contributed by atoms with Crippen molar-refractivity contribution in [3.8, 4) is 11.5 Å². The first-order valence-corrected chi connectivity index (χ1v) is 11.5. The van der Waals surface area contributed by atoms with Gasteiger partial charge in [0, 0.05) is 5.41 Å². The predicted octanol–water partition coefficient (Wildman–Crippen LogP) is 5.79. The first-order chi connectivity index (χ1) is 16.3. The highest BCUT2D eigenvalue weighted by Gasteiger charge is 2.24. The molecule has 0 saturated carbocycles. The summed E-state index contributed by atoms with van der Waals surface area (Å²) in [5, 5.41) is 0. The number of carbonyl (C=O) groups is 2. The summed E-state index contributed by atoms with van der Waals surface area (Å²) in [4.78, 5) is 23.9. The molecule has 0 amide bonds. The van der Waals surface area contributed by atoms with Crippen LogP contribution in [0.4, 0.5) is 0 Å². The summed E-state index contributed by atoms with van der Waals surface area (Å²) >= 11 is 0. The molecule has 35 heavy (non-hydrogen) atoms. The minimum absolute atomic E-state index is 0.180. The maximum Gasteiger partial charge on any atom is 0.345 e. The summed E-state index contributed by atoms with van der Waals surface area (Å²) in [5.74, 6) is 0.236. The molecule has 0 spiro atoms. The van der Waals surface area contributed by atoms with Crippen LogP contribution in [0.1, 0.15) is 52.7 Å². The van der Waals surface area contributed by atoms with E-state index >= 15 is 0 Å². The highest BCUT2D eigenvalue weighted by atomic mass is 16.6. The van der Waals surface area contributed by atoms with Crippen LogP contribution in [0.2, 0.25) is 0 Å². The Balaban J connectivity index is 1.96. The van der Waals surface area contributed by atoms with Gasteiger partial charge in [-0.3, -0.25) is 0 Å². The molecule has 0 saturated heterocycles. The molecule has 0 N–H and O–H groups in total. The fourth-order valence-corrected chi connectivity index (χ4v) is 3.12. The number of hydrogen-bond donors (Lipinski definition) is 0. The first kappa shape index (κ1) is 27.7. The van der Waals surface area contributed by atoms with E-state index in [-0.39, 0.29) is 18.6 Å². The molecule has 0 heterocycles. The third-order valence-corrected chi connectivity index (χ3v) is 5.60. The second-order valence-corrected chi connectivity index (χ2v) is 9.81. The minimum Gasteiger partial charge on any atom is -0.482 e. The molecule has 188 valence electrons. The number of hydrogen-bond acceptors (Lipinski definition) is 6. The maximum absolute atomic E-state index is 12.0. The molecular formula is C29H36O6. The lowest BCUT2D eigenvalue weighted by Gasteiger charge is -2.26. The van der Waals surface area contributed by atoms with Gasteiger partial charge in [-0.05, 0) is 75.2 Å². The highest BCUT2D eigenvalue weighted by molar-refractivity contribution is 5.72. The Hall–Kier alpha value is -3.54. The van der Waals surface area contributed by atoms with Crippen molar-refractivity contribution in [2.45, 2.75) is 58.2 Å². The smallest absolute Gasteiger partial charge is 0.345 e. The SMILES string of the molecule is C=CC(C)(C)OC(=O)COc1ccc(C(C)(C)c2ccc(OCC(=O)OC(C)(C)C=C)cc2)cc1. The van der Waals surface area contributed by atoms with Crippen LogP contribution in [0.25, 0.3) is 0 Å². The van der Waals surface area contributed by atoms with Crippen molar-refractivity contribution in [3.63, 3.8) is 0 Å². The summed E-state index contributed by atoms with van der Waals surface area (Å²) in [6, 6.07) is 15.2. The third kappa shape index (κ3) is 8.32. The molecule has 0 atom stereocenters. The Morgan fingerprint density at radius 1 is 0.657 bits per heavy atom. The number of rotatable bonds is 12. The molecule has 2 aromatic carbocycles. The molecule has 0 unspecified atom stereocenters. The zero-order chi connectivity index (χ0) is 26.3. The average Bonchev–Trinajstić information content (AvgIpc) is 2.81. The maximum atomic E-state index is 12.0. The van der Waals surface area contributed by atoms with Gasteiger partial charge in [-0.25, -0.2) is 9.59 Å². The lowest BCUT2D eigenvalue weighted by Crippen LogP contribution is -2.28. The molecular weight excluding hydrogens is 444 g/mol. The van der Waals surface area contributed by atoms with Gasteiger partial charge in [-0.15, -0.1) is 0 Å². The summed E-state index contributed by atoms with van der Waals surface area (Å²) in [7, 11) is 0. The standard InChI is InChI=1S/C29H36O6/c1-9-27(3,4)34-25(30)19-32-23-15-11-21(12-16-23)29(7,8)22-13-17-24(18-14-22)33-20-26(31)35-28(5,6)10-2/h9-18H,1-2,19-20H2,3-8H3. The van der Waals surface area contributed by atoms with Crippen LogP contribution >= 0.6 is 0 Å². The topological polar surface area (TPSA) is 71.1 Å². The molecule has 0 aromatic heterocycles. The lowest BCUT2D eigenvalue weighted by molar-refractivity contribution is -0.155. The Morgan fingerprint density at radius 2 is 0.971 bits per heavy atom. The van der Waals surface area contributed by atoms with Gasteiger partial charge in [-0.2, -0.15) is 0 Å². The lowest BCUT2D eigenvalue weighted by atomic mass is 9.78. The Morgan fingerprint density at radius 3 is 1.26 bits per heavy atom. The van der Waals surface area contributed by atoms with Crippen molar-refractivity contribution in [2.75, 3.05) is 13.2 Å². The van der Waals surface area contributed by atoms with Gasteiger partial charge < -0.3 is 18.9 Å². The van der Waals surface area contributed by atoms with Crippen LogP contribution in [0.3, 0.4) is 0 Å². The molecule has 0 aliphatic heterocycles. The highest BCUT2D eigenvalue weighted by Crippen LogP contribution is 2.33. The van der Waals surface area contributed by atoms with E-state index in [0.717, 1.165) is 11.1 Å². The van der Waals surface area contributed by atoms with Crippen molar-refractivity contribution in [2.24, 2.45) is 0 Å². The Bertz CT molecular complexity index is 946. The normalized spacial score (nSPS) is 11.8. The van der Waals surface area contributed by atoms with Crippen molar-refractivity contribution < 1.29 is 28.5 Å². The van der Waals surface area contributed by atoms with E-state index < -0.39 is 23.1 Å². The van der Waals surface area contributed by atoms with Crippen LogP contribution in [0, 0.1) is 0 Å². The predicted molar refractivity (Wildman–Crippen MR) is 137 cm³/mol. The van der Waals surface area contributed by atoms with Gasteiger partial charge in [-0.1, -0.05) is 51.3 Å². The third-order valence-electron chi connectivity index (χ3n) is 5.60. The van der Waals surface area contributed by atoms with E-state index in [1.165, 1.54) is 0 Å². The monoisotopic (exact) mass is 480 g/mol. The fraction of sp³-hybridized carbons (Fsp3) is 0.379. The van der Waals surface area contributed by atoms with Crippen molar-refractivity contribution in [1.29, 1.82) is 0 Å². The summed E-state index contributed by atoms with van der Waals surface area (Å²) in [5.41, 5.74) is 0.381. The molecule has 0 radical (unpaired) electrons. The molecule has 0 bridgehead atoms. The summed E-state index contributed by atoms with van der Waals surface area (Å²) in [6.45, 7) is 18.2. The van der Waals surface area contributed by atoms with E-state index in [9.17, 15) is 9.59 Å². The quantitative estimate of drug-likeness (QED) is 0.283. The van der Waals surface area contributed by atoms with Gasteiger partial charge in [0.1, 0.15) is 22.7 Å². The average molecular weight is 481 g/mol. The molecule has 2 rings (SSSR count). The molecule has 6 nitrogen and oxygen atoms in total. The Labute approximate surface area is 208 Å². The van der Waals surface area contributed by atoms with Gasteiger partial charge >= 0.3 is 11.9 Å². The largest absolute Gasteiger partial charge is 0.482 e. The minimum atomic E-state index is -0.735. The van der Waals surface area contributed by atoms with Gasteiger partial charge in [0.2, 0.25) is 0 Å². The number of esters is 2. The molecule has 0 fully saturated rings. The first-order valence-electron chi connectivity index (χ1n) is 11.5. The molecule has 6 heteroatoms. The van der Waals surface area contributed by atoms with Crippen LogP contribution in [0.5, 0.6) is 11.5 Å². The van der Waals surface area contributed by atoms with Crippen molar-refractivity contribution in [3.05, 3.63) is 85.0 Å². The number of ether oxygens (including phenoxy) is 4. The van der Waals surface area contributed by atoms with E-state index in [1.807, 2.05) is 48.5 Å². The van der Waals surface area contributed by atoms with E-state index in [0.29, 0.717) is 11.5 Å². The molecule has 0 aliphatic carbocycles.